The zero-order chi connectivity index (χ0) is 13.2. The van der Waals surface area contributed by atoms with E-state index in [1.807, 2.05) is 37.3 Å². The van der Waals surface area contributed by atoms with E-state index >= 15 is 0 Å². The quantitative estimate of drug-likeness (QED) is 0.525. The second-order valence-corrected chi connectivity index (χ2v) is 4.78. The zero-order valence-electron chi connectivity index (χ0n) is 11.2. The summed E-state index contributed by atoms with van der Waals surface area (Å²) in [5.74, 6) is 0.723. The normalized spacial score (nSPS) is 11.9. The van der Waals surface area contributed by atoms with Crippen LogP contribution in [0.15, 0.2) is 30.3 Å². The van der Waals surface area contributed by atoms with E-state index in [4.69, 9.17) is 21.7 Å². The summed E-state index contributed by atoms with van der Waals surface area (Å²) in [6, 6.07) is 9.48. The van der Waals surface area contributed by atoms with Crippen LogP contribution in [-0.2, 0) is 4.74 Å². The highest BCUT2D eigenvalue weighted by atomic mass is 32.1. The maximum absolute atomic E-state index is 5.54. The molecule has 0 saturated heterocycles. The van der Waals surface area contributed by atoms with Crippen molar-refractivity contribution in [1.29, 1.82) is 0 Å². The summed E-state index contributed by atoms with van der Waals surface area (Å²) in [6.45, 7) is 4.25. The van der Waals surface area contributed by atoms with Gasteiger partial charge in [-0.25, -0.2) is 0 Å². The minimum absolute atomic E-state index is 0.123. The van der Waals surface area contributed by atoms with Gasteiger partial charge in [-0.2, -0.15) is 0 Å². The first-order chi connectivity index (χ1) is 8.72. The Morgan fingerprint density at radius 3 is 2.56 bits per heavy atom. The highest BCUT2D eigenvalue weighted by Crippen LogP contribution is 2.12. The molecule has 0 saturated carbocycles. The summed E-state index contributed by atoms with van der Waals surface area (Å²) in [5.41, 5.74) is 0. The van der Waals surface area contributed by atoms with Crippen molar-refractivity contribution in [2.45, 2.75) is 52.1 Å². The fourth-order valence-corrected chi connectivity index (χ4v) is 1.95. The van der Waals surface area contributed by atoms with Crippen LogP contribution in [0.5, 0.6) is 5.75 Å². The summed E-state index contributed by atoms with van der Waals surface area (Å²) in [6.07, 6.45) is 6.14. The minimum atomic E-state index is 0.123. The molecule has 2 nitrogen and oxygen atoms in total. The third-order valence-corrected chi connectivity index (χ3v) is 2.89. The lowest BCUT2D eigenvalue weighted by Gasteiger charge is -2.15. The van der Waals surface area contributed by atoms with Crippen molar-refractivity contribution in [2.24, 2.45) is 0 Å². The summed E-state index contributed by atoms with van der Waals surface area (Å²) in [4.78, 5) is 0. The van der Waals surface area contributed by atoms with Crippen molar-refractivity contribution >= 4 is 17.5 Å². The molecule has 0 spiro atoms. The van der Waals surface area contributed by atoms with Crippen LogP contribution in [0.1, 0.15) is 46.0 Å². The van der Waals surface area contributed by atoms with Gasteiger partial charge in [0.2, 0.25) is 0 Å². The van der Waals surface area contributed by atoms with Crippen LogP contribution in [0.4, 0.5) is 0 Å². The molecular formula is C15H22O2S. The molecule has 0 aliphatic carbocycles. The molecule has 100 valence electrons. The Bertz CT molecular complexity index is 338. The molecule has 18 heavy (non-hydrogen) atoms. The predicted octanol–water partition coefficient (Wildman–Crippen LogP) is 4.73. The number of benzene rings is 1. The van der Waals surface area contributed by atoms with E-state index in [1.165, 1.54) is 25.7 Å². The van der Waals surface area contributed by atoms with Crippen molar-refractivity contribution in [3.63, 3.8) is 0 Å². The molecule has 1 rings (SSSR count). The largest absolute Gasteiger partial charge is 0.454 e. The zero-order valence-corrected chi connectivity index (χ0v) is 12.0. The summed E-state index contributed by atoms with van der Waals surface area (Å²) in [5, 5.41) is 0.212. The first kappa shape index (κ1) is 15.0. The highest BCUT2D eigenvalue weighted by molar-refractivity contribution is 7.79. The van der Waals surface area contributed by atoms with E-state index in [2.05, 4.69) is 6.92 Å². The van der Waals surface area contributed by atoms with E-state index in [0.717, 1.165) is 12.2 Å². The average molecular weight is 266 g/mol. The van der Waals surface area contributed by atoms with Crippen LogP contribution in [0.25, 0.3) is 0 Å². The van der Waals surface area contributed by atoms with E-state index < -0.39 is 0 Å². The Labute approximate surface area is 115 Å². The minimum Gasteiger partial charge on any atom is -0.454 e. The number of rotatable bonds is 7. The van der Waals surface area contributed by atoms with Gasteiger partial charge in [0.15, 0.2) is 0 Å². The SMILES string of the molecule is CCCCCCC(C)OC(=S)Oc1ccccc1. The molecule has 0 bridgehead atoms. The van der Waals surface area contributed by atoms with Gasteiger partial charge in [-0.1, -0.05) is 44.4 Å². The lowest BCUT2D eigenvalue weighted by Crippen LogP contribution is -2.17. The molecule has 0 aromatic heterocycles. The van der Waals surface area contributed by atoms with Gasteiger partial charge in [-0.05, 0) is 31.9 Å². The van der Waals surface area contributed by atoms with Crippen molar-refractivity contribution in [3.05, 3.63) is 30.3 Å². The monoisotopic (exact) mass is 266 g/mol. The van der Waals surface area contributed by atoms with E-state index in [1.54, 1.807) is 0 Å². The molecule has 0 amide bonds. The molecule has 0 heterocycles. The molecule has 3 heteroatoms. The lowest BCUT2D eigenvalue weighted by molar-refractivity contribution is 0.160. The van der Waals surface area contributed by atoms with Crippen molar-refractivity contribution in [2.75, 3.05) is 0 Å². The molecule has 0 aliphatic heterocycles. The maximum Gasteiger partial charge on any atom is 0.358 e. The van der Waals surface area contributed by atoms with Crippen molar-refractivity contribution < 1.29 is 9.47 Å². The fourth-order valence-electron chi connectivity index (χ4n) is 1.69. The lowest BCUT2D eigenvalue weighted by atomic mass is 10.1. The Hall–Kier alpha value is -1.09. The second-order valence-electron chi connectivity index (χ2n) is 4.44. The van der Waals surface area contributed by atoms with E-state index in [0.29, 0.717) is 0 Å². The molecule has 0 radical (unpaired) electrons. The Balaban J connectivity index is 2.19. The van der Waals surface area contributed by atoms with Crippen LogP contribution in [0.3, 0.4) is 0 Å². The van der Waals surface area contributed by atoms with Crippen LogP contribution >= 0.6 is 12.2 Å². The van der Waals surface area contributed by atoms with Crippen molar-refractivity contribution in [1.82, 2.24) is 0 Å². The average Bonchev–Trinajstić information content (AvgIpc) is 2.35. The number of unbranched alkanes of at least 4 members (excludes halogenated alkanes) is 3. The predicted molar refractivity (Wildman–Crippen MR) is 79.0 cm³/mol. The van der Waals surface area contributed by atoms with E-state index in [9.17, 15) is 0 Å². The third-order valence-electron chi connectivity index (χ3n) is 2.71. The number of ether oxygens (including phenoxy) is 2. The summed E-state index contributed by atoms with van der Waals surface area (Å²) in [7, 11) is 0. The Morgan fingerprint density at radius 2 is 1.89 bits per heavy atom. The fraction of sp³-hybridized carbons (Fsp3) is 0.533. The molecule has 1 aromatic rings. The Kier molecular flexibility index (Phi) is 7.42. The second kappa shape index (κ2) is 8.92. The maximum atomic E-state index is 5.54. The first-order valence-electron chi connectivity index (χ1n) is 6.66. The molecule has 1 aromatic carbocycles. The standard InChI is InChI=1S/C15H22O2S/c1-3-4-5-7-10-13(2)16-15(18)17-14-11-8-6-9-12-14/h6,8-9,11-13H,3-5,7,10H2,1-2H3. The van der Waals surface area contributed by atoms with Gasteiger partial charge in [0.05, 0.1) is 0 Å². The molecule has 0 fully saturated rings. The Morgan fingerprint density at radius 1 is 1.17 bits per heavy atom. The first-order valence-corrected chi connectivity index (χ1v) is 7.06. The molecular weight excluding hydrogens is 244 g/mol. The topological polar surface area (TPSA) is 18.5 Å². The third kappa shape index (κ3) is 6.60. The van der Waals surface area contributed by atoms with E-state index in [-0.39, 0.29) is 11.3 Å². The van der Waals surface area contributed by atoms with Crippen LogP contribution in [-0.4, -0.2) is 11.3 Å². The van der Waals surface area contributed by atoms with Gasteiger partial charge in [0.1, 0.15) is 11.9 Å². The molecule has 1 atom stereocenters. The number of thiocarbonyl (C=S) groups is 1. The number of hydrogen-bond acceptors (Lipinski definition) is 3. The molecule has 0 N–H and O–H groups in total. The van der Waals surface area contributed by atoms with Gasteiger partial charge in [0, 0.05) is 12.2 Å². The van der Waals surface area contributed by atoms with Crippen LogP contribution in [0.2, 0.25) is 0 Å². The molecule has 1 unspecified atom stereocenters. The molecule has 0 aliphatic rings. The summed E-state index contributed by atoms with van der Waals surface area (Å²) >= 11 is 5.07. The highest BCUT2D eigenvalue weighted by Gasteiger charge is 2.07. The summed E-state index contributed by atoms with van der Waals surface area (Å²) < 4.78 is 11.0. The van der Waals surface area contributed by atoms with Crippen molar-refractivity contribution in [3.8, 4) is 5.75 Å². The number of para-hydroxylation sites is 1. The van der Waals surface area contributed by atoms with Gasteiger partial charge in [0.25, 0.3) is 0 Å². The van der Waals surface area contributed by atoms with Gasteiger partial charge >= 0.3 is 5.24 Å². The van der Waals surface area contributed by atoms with Crippen LogP contribution < -0.4 is 4.74 Å². The van der Waals surface area contributed by atoms with Gasteiger partial charge < -0.3 is 9.47 Å². The number of hydrogen-bond donors (Lipinski definition) is 0. The van der Waals surface area contributed by atoms with Gasteiger partial charge in [-0.3, -0.25) is 0 Å². The van der Waals surface area contributed by atoms with Crippen LogP contribution in [0, 0.1) is 0 Å². The smallest absolute Gasteiger partial charge is 0.358 e. The van der Waals surface area contributed by atoms with Gasteiger partial charge in [-0.15, -0.1) is 0 Å².